The average Bonchev–Trinajstić information content (AvgIpc) is 3.33. The van der Waals surface area contributed by atoms with E-state index in [9.17, 15) is 0 Å². The number of nitrogens with two attached hydrogens (primary N) is 1. The van der Waals surface area contributed by atoms with Crippen molar-refractivity contribution in [1.82, 2.24) is 4.90 Å². The lowest BCUT2D eigenvalue weighted by molar-refractivity contribution is 0.0549. The van der Waals surface area contributed by atoms with E-state index in [1.54, 1.807) is 0 Å². The largest absolute Gasteiger partial charge is 0.326 e. The second-order valence-corrected chi connectivity index (χ2v) is 6.43. The lowest BCUT2D eigenvalue weighted by Crippen LogP contribution is -2.60. The summed E-state index contributed by atoms with van der Waals surface area (Å²) in [7, 11) is 0. The molecule has 1 fully saturated rings. The smallest absolute Gasteiger partial charge is 0.0357 e. The van der Waals surface area contributed by atoms with Crippen LogP contribution in [0.5, 0.6) is 0 Å². The van der Waals surface area contributed by atoms with E-state index in [0.717, 1.165) is 25.9 Å². The molecule has 1 aromatic rings. The second-order valence-electron chi connectivity index (χ2n) is 6.43. The summed E-state index contributed by atoms with van der Waals surface area (Å²) >= 11 is 0. The Labute approximate surface area is 130 Å². The van der Waals surface area contributed by atoms with Gasteiger partial charge in [-0.2, -0.15) is 0 Å². The van der Waals surface area contributed by atoms with Gasteiger partial charge in [-0.25, -0.2) is 0 Å². The molecule has 3 atom stereocenters. The van der Waals surface area contributed by atoms with E-state index in [2.05, 4.69) is 62.9 Å². The molecule has 1 aliphatic rings. The van der Waals surface area contributed by atoms with Crippen LogP contribution in [-0.4, -0.2) is 29.6 Å². The number of benzene rings is 1. The van der Waals surface area contributed by atoms with Crippen LogP contribution in [0.25, 0.3) is 0 Å². The summed E-state index contributed by atoms with van der Waals surface area (Å²) in [6, 6.07) is 11.2. The highest BCUT2D eigenvalue weighted by molar-refractivity contribution is 5.27. The van der Waals surface area contributed by atoms with Gasteiger partial charge in [0.2, 0.25) is 0 Å². The molecule has 0 radical (unpaired) electrons. The quantitative estimate of drug-likeness (QED) is 0.783. The lowest BCUT2D eigenvalue weighted by atomic mass is 9.79. The molecule has 0 heterocycles. The molecule has 2 nitrogen and oxygen atoms in total. The Bertz CT molecular complexity index is 420. The number of hydrogen-bond acceptors (Lipinski definition) is 2. The molecule has 1 aliphatic carbocycles. The maximum absolute atomic E-state index is 6.82. The molecule has 0 aromatic heterocycles. The summed E-state index contributed by atoms with van der Waals surface area (Å²) in [5.41, 5.74) is 8.45. The molecule has 2 heteroatoms. The number of hydrogen-bond donors (Lipinski definition) is 1. The van der Waals surface area contributed by atoms with Crippen molar-refractivity contribution >= 4 is 0 Å². The zero-order valence-corrected chi connectivity index (χ0v) is 14.2. The third-order valence-corrected chi connectivity index (χ3v) is 5.77. The first-order valence-corrected chi connectivity index (χ1v) is 8.70. The first-order chi connectivity index (χ1) is 10.1. The van der Waals surface area contributed by atoms with Crippen LogP contribution in [0.1, 0.15) is 58.4 Å². The normalized spacial score (nSPS) is 23.3. The Kier molecular flexibility index (Phi) is 5.45. The van der Waals surface area contributed by atoms with E-state index < -0.39 is 0 Å². The molecule has 3 unspecified atom stereocenters. The highest BCUT2D eigenvalue weighted by Gasteiger charge is 2.51. The lowest BCUT2D eigenvalue weighted by Gasteiger charge is -2.47. The fourth-order valence-corrected chi connectivity index (χ4v) is 4.33. The predicted molar refractivity (Wildman–Crippen MR) is 91.5 cm³/mol. The molecule has 0 bridgehead atoms. The Balaban J connectivity index is 2.15. The minimum Gasteiger partial charge on any atom is -0.326 e. The van der Waals surface area contributed by atoms with Gasteiger partial charge in [-0.1, -0.05) is 58.0 Å². The Morgan fingerprint density at radius 2 is 1.67 bits per heavy atom. The topological polar surface area (TPSA) is 29.3 Å². The number of nitrogens with zero attached hydrogens (tertiary/aromatic N) is 1. The van der Waals surface area contributed by atoms with Crippen LogP contribution in [0, 0.1) is 5.92 Å². The van der Waals surface area contributed by atoms with Crippen molar-refractivity contribution in [1.29, 1.82) is 0 Å². The van der Waals surface area contributed by atoms with Crippen molar-refractivity contribution in [2.24, 2.45) is 11.7 Å². The highest BCUT2D eigenvalue weighted by Crippen LogP contribution is 2.52. The summed E-state index contributed by atoms with van der Waals surface area (Å²) in [5.74, 6) is 1.32. The van der Waals surface area contributed by atoms with E-state index in [1.807, 2.05) is 0 Å². The molecule has 21 heavy (non-hydrogen) atoms. The summed E-state index contributed by atoms with van der Waals surface area (Å²) in [6.45, 7) is 11.3. The number of likely N-dealkylation sites (N-methyl/N-ethyl adjacent to an activating group) is 1. The van der Waals surface area contributed by atoms with Gasteiger partial charge in [0.05, 0.1) is 0 Å². The van der Waals surface area contributed by atoms with E-state index in [1.165, 1.54) is 12.0 Å². The van der Waals surface area contributed by atoms with Crippen LogP contribution >= 0.6 is 0 Å². The molecule has 1 saturated carbocycles. The summed E-state index contributed by atoms with van der Waals surface area (Å²) in [4.78, 5) is 2.60. The minimum atomic E-state index is 0.164. The van der Waals surface area contributed by atoms with Crippen LogP contribution in [-0.2, 0) is 0 Å². The van der Waals surface area contributed by atoms with Crippen LogP contribution in [0.2, 0.25) is 0 Å². The van der Waals surface area contributed by atoms with Crippen molar-refractivity contribution in [3.8, 4) is 0 Å². The maximum atomic E-state index is 6.82. The standard InChI is InChI=1S/C19H32N2/c1-5-19(6-2,21(7-3)8-4)18(20)17-14-16(17)15-12-10-9-11-13-15/h9-13,16-18H,5-8,14,20H2,1-4H3. The molecule has 118 valence electrons. The third kappa shape index (κ3) is 3.02. The fraction of sp³-hybridized carbons (Fsp3) is 0.684. The van der Waals surface area contributed by atoms with Crippen molar-refractivity contribution in [2.45, 2.75) is 64.5 Å². The second kappa shape index (κ2) is 6.93. The first-order valence-electron chi connectivity index (χ1n) is 8.70. The molecule has 0 saturated heterocycles. The van der Waals surface area contributed by atoms with E-state index in [0.29, 0.717) is 11.8 Å². The maximum Gasteiger partial charge on any atom is 0.0357 e. The molecule has 2 N–H and O–H groups in total. The van der Waals surface area contributed by atoms with Crippen molar-refractivity contribution in [3.63, 3.8) is 0 Å². The molecule has 1 aromatic carbocycles. The van der Waals surface area contributed by atoms with Crippen LogP contribution in [0.15, 0.2) is 30.3 Å². The molecular formula is C19H32N2. The van der Waals surface area contributed by atoms with Crippen molar-refractivity contribution in [3.05, 3.63) is 35.9 Å². The molecule has 2 rings (SSSR count). The van der Waals surface area contributed by atoms with Crippen molar-refractivity contribution in [2.75, 3.05) is 13.1 Å². The SMILES string of the molecule is CCN(CC)C(CC)(CC)C(N)C1CC1c1ccccc1. The molecule has 0 aliphatic heterocycles. The number of rotatable bonds is 8. The van der Waals surface area contributed by atoms with Gasteiger partial charge >= 0.3 is 0 Å². The van der Waals surface area contributed by atoms with Gasteiger partial charge in [0, 0.05) is 11.6 Å². The highest BCUT2D eigenvalue weighted by atomic mass is 15.2. The van der Waals surface area contributed by atoms with Crippen LogP contribution < -0.4 is 5.73 Å². The Morgan fingerprint density at radius 1 is 1.10 bits per heavy atom. The van der Waals surface area contributed by atoms with Crippen LogP contribution in [0.3, 0.4) is 0 Å². The van der Waals surface area contributed by atoms with E-state index in [4.69, 9.17) is 5.73 Å². The molecule has 0 spiro atoms. The summed E-state index contributed by atoms with van der Waals surface area (Å²) in [6.07, 6.45) is 3.54. The predicted octanol–water partition coefficient (Wildman–Crippen LogP) is 4.02. The first kappa shape index (κ1) is 16.5. The van der Waals surface area contributed by atoms with Gasteiger partial charge in [0.25, 0.3) is 0 Å². The zero-order valence-electron chi connectivity index (χ0n) is 14.2. The van der Waals surface area contributed by atoms with E-state index in [-0.39, 0.29) is 11.6 Å². The molecular weight excluding hydrogens is 256 g/mol. The van der Waals surface area contributed by atoms with Gasteiger partial charge < -0.3 is 5.73 Å². The van der Waals surface area contributed by atoms with Gasteiger partial charge in [-0.05, 0) is 49.8 Å². The van der Waals surface area contributed by atoms with Gasteiger partial charge in [-0.3, -0.25) is 4.90 Å². The molecule has 0 amide bonds. The zero-order chi connectivity index (χ0) is 15.5. The van der Waals surface area contributed by atoms with Gasteiger partial charge in [0.1, 0.15) is 0 Å². The fourth-order valence-electron chi connectivity index (χ4n) is 4.33. The van der Waals surface area contributed by atoms with E-state index >= 15 is 0 Å². The van der Waals surface area contributed by atoms with Crippen LogP contribution in [0.4, 0.5) is 0 Å². The average molecular weight is 288 g/mol. The Morgan fingerprint density at radius 3 is 2.14 bits per heavy atom. The minimum absolute atomic E-state index is 0.164. The third-order valence-electron chi connectivity index (χ3n) is 5.77. The summed E-state index contributed by atoms with van der Waals surface area (Å²) < 4.78 is 0. The Hall–Kier alpha value is -0.860. The van der Waals surface area contributed by atoms with Gasteiger partial charge in [0.15, 0.2) is 0 Å². The van der Waals surface area contributed by atoms with Crippen molar-refractivity contribution < 1.29 is 0 Å². The van der Waals surface area contributed by atoms with Gasteiger partial charge in [-0.15, -0.1) is 0 Å². The monoisotopic (exact) mass is 288 g/mol. The summed E-state index contributed by atoms with van der Waals surface area (Å²) in [5, 5.41) is 0.